The number of carbonyl (C=O) groups is 1. The molecule has 1 aliphatic heterocycles. The van der Waals surface area contributed by atoms with Crippen LogP contribution in [0.2, 0.25) is 0 Å². The second-order valence-electron chi connectivity index (χ2n) is 7.48. The first-order valence-corrected chi connectivity index (χ1v) is 10.5. The molecule has 0 radical (unpaired) electrons. The first-order chi connectivity index (χ1) is 14.3. The van der Waals surface area contributed by atoms with Crippen LogP contribution in [0.25, 0.3) is 10.9 Å². The number of hydrogen-bond acceptors (Lipinski definition) is 5. The number of aromatic nitrogens is 2. The Bertz CT molecular complexity index is 1090. The summed E-state index contributed by atoms with van der Waals surface area (Å²) in [6.45, 7) is 4.38. The van der Waals surface area contributed by atoms with Crippen molar-refractivity contribution in [2.45, 2.75) is 32.3 Å². The van der Waals surface area contributed by atoms with Gasteiger partial charge in [0.15, 0.2) is 5.79 Å². The molecule has 9 heteroatoms. The summed E-state index contributed by atoms with van der Waals surface area (Å²) in [6.07, 6.45) is 3.04. The van der Waals surface area contributed by atoms with Gasteiger partial charge in [0.25, 0.3) is 5.91 Å². The third-order valence-corrected chi connectivity index (χ3v) is 5.46. The van der Waals surface area contributed by atoms with Crippen molar-refractivity contribution in [3.63, 3.8) is 0 Å². The molecule has 0 aliphatic carbocycles. The number of amides is 1. The maximum Gasteiger partial charge on any atom is 0.291 e. The molecular weight excluding hydrogens is 504 g/mol. The molecule has 1 amide bonds. The lowest BCUT2D eigenvalue weighted by molar-refractivity contribution is -0.147. The van der Waals surface area contributed by atoms with E-state index >= 15 is 0 Å². The Hall–Kier alpha value is -2.08. The fraction of sp³-hybridized carbons (Fsp3) is 0.333. The van der Waals surface area contributed by atoms with Crippen molar-refractivity contribution in [1.82, 2.24) is 15.0 Å². The van der Waals surface area contributed by atoms with E-state index in [1.165, 1.54) is 6.07 Å². The van der Waals surface area contributed by atoms with Crippen LogP contribution in [0.5, 0.6) is 0 Å². The number of fused-ring (bicyclic) bond motifs is 1. The van der Waals surface area contributed by atoms with Crippen molar-refractivity contribution < 1.29 is 23.5 Å². The summed E-state index contributed by atoms with van der Waals surface area (Å²) in [5, 5.41) is 0.829. The van der Waals surface area contributed by atoms with Gasteiger partial charge < -0.3 is 14.0 Å². The molecule has 1 atom stereocenters. The predicted molar refractivity (Wildman–Crippen MR) is 116 cm³/mol. The maximum absolute atomic E-state index is 14.4. The molecule has 1 aromatic carbocycles. The molecule has 0 unspecified atom stereocenters. The summed E-state index contributed by atoms with van der Waals surface area (Å²) in [6, 6.07) is 8.56. The molecule has 3 aromatic rings. The minimum Gasteiger partial charge on any atom is -0.348 e. The van der Waals surface area contributed by atoms with Crippen molar-refractivity contribution in [2.24, 2.45) is 0 Å². The quantitative estimate of drug-likeness (QED) is 0.393. The second kappa shape index (κ2) is 8.58. The number of nitrogens with zero attached hydrogens (tertiary/aromatic N) is 2. The Morgan fingerprint density at radius 3 is 2.97 bits per heavy atom. The van der Waals surface area contributed by atoms with Gasteiger partial charge in [-0.1, -0.05) is 6.07 Å². The Morgan fingerprint density at radius 1 is 1.40 bits per heavy atom. The average Bonchev–Trinajstić information content (AvgIpc) is 3.24. The molecule has 1 aliphatic rings. The van der Waals surface area contributed by atoms with Gasteiger partial charge in [0, 0.05) is 20.7 Å². The minimum absolute atomic E-state index is 0.155. The molecule has 0 spiro atoms. The number of benzene rings is 1. The van der Waals surface area contributed by atoms with E-state index in [4.69, 9.17) is 14.3 Å². The highest BCUT2D eigenvalue weighted by atomic mass is 127. The number of pyridine rings is 1. The molecule has 1 N–H and O–H groups in total. The Morgan fingerprint density at radius 2 is 2.23 bits per heavy atom. The van der Waals surface area contributed by atoms with Gasteiger partial charge in [0.2, 0.25) is 0 Å². The summed E-state index contributed by atoms with van der Waals surface area (Å²) in [5.74, 6) is -1.42. The number of carbonyl (C=O) groups excluding carboxylic acids is 1. The van der Waals surface area contributed by atoms with E-state index in [2.05, 4.69) is 33.1 Å². The largest absolute Gasteiger partial charge is 0.348 e. The summed E-state index contributed by atoms with van der Waals surface area (Å²) < 4.78 is 28.1. The lowest BCUT2D eigenvalue weighted by Crippen LogP contribution is -2.31. The molecule has 4 rings (SSSR count). The molecule has 0 bridgehead atoms. The van der Waals surface area contributed by atoms with Crippen LogP contribution in [0.15, 0.2) is 42.7 Å². The molecule has 30 heavy (non-hydrogen) atoms. The first-order valence-electron chi connectivity index (χ1n) is 9.43. The molecule has 7 nitrogen and oxygen atoms in total. The van der Waals surface area contributed by atoms with E-state index in [1.807, 2.05) is 19.9 Å². The number of halogens is 2. The lowest BCUT2D eigenvalue weighted by Gasteiger charge is -2.17. The van der Waals surface area contributed by atoms with Gasteiger partial charge in [-0.2, -0.15) is 0 Å². The van der Waals surface area contributed by atoms with Crippen LogP contribution in [0.4, 0.5) is 4.39 Å². The SMILES string of the molecule is CC1(C)OC[C@H](CONC(=O)c2cc3ccncc3n2Cc2ccc(I)cc2F)O1. The zero-order chi connectivity index (χ0) is 21.3. The highest BCUT2D eigenvalue weighted by Crippen LogP contribution is 2.23. The molecular formula is C21H21FIN3O4. The van der Waals surface area contributed by atoms with E-state index in [-0.39, 0.29) is 25.1 Å². The van der Waals surface area contributed by atoms with Crippen LogP contribution in [0.1, 0.15) is 29.9 Å². The average molecular weight is 525 g/mol. The summed E-state index contributed by atoms with van der Waals surface area (Å²) in [4.78, 5) is 22.3. The van der Waals surface area contributed by atoms with E-state index < -0.39 is 11.7 Å². The molecule has 0 saturated carbocycles. The highest BCUT2D eigenvalue weighted by molar-refractivity contribution is 14.1. The summed E-state index contributed by atoms with van der Waals surface area (Å²) in [7, 11) is 0. The van der Waals surface area contributed by atoms with Crippen LogP contribution >= 0.6 is 22.6 Å². The van der Waals surface area contributed by atoms with E-state index in [0.717, 1.165) is 14.5 Å². The lowest BCUT2D eigenvalue weighted by atomic mass is 10.2. The number of ether oxygens (including phenoxy) is 2. The smallest absolute Gasteiger partial charge is 0.291 e. The van der Waals surface area contributed by atoms with Crippen LogP contribution in [0.3, 0.4) is 0 Å². The molecule has 1 fully saturated rings. The van der Waals surface area contributed by atoms with Crippen molar-refractivity contribution in [3.8, 4) is 0 Å². The van der Waals surface area contributed by atoms with Gasteiger partial charge in [0.05, 0.1) is 24.9 Å². The monoisotopic (exact) mass is 525 g/mol. The maximum atomic E-state index is 14.4. The van der Waals surface area contributed by atoms with Crippen LogP contribution in [0, 0.1) is 9.39 Å². The number of rotatable bonds is 6. The Balaban J connectivity index is 1.53. The fourth-order valence-corrected chi connectivity index (χ4v) is 3.83. The fourth-order valence-electron chi connectivity index (χ4n) is 3.38. The molecule has 3 heterocycles. The van der Waals surface area contributed by atoms with Crippen molar-refractivity contribution in [3.05, 3.63) is 63.4 Å². The van der Waals surface area contributed by atoms with Gasteiger partial charge in [-0.05, 0) is 60.7 Å². The molecule has 158 valence electrons. The Kier molecular flexibility index (Phi) is 6.05. The summed E-state index contributed by atoms with van der Waals surface area (Å²) in [5.41, 5.74) is 4.01. The zero-order valence-corrected chi connectivity index (χ0v) is 18.7. The van der Waals surface area contributed by atoms with Crippen molar-refractivity contribution in [2.75, 3.05) is 13.2 Å². The van der Waals surface area contributed by atoms with E-state index in [1.54, 1.807) is 35.2 Å². The van der Waals surface area contributed by atoms with Gasteiger partial charge in [0.1, 0.15) is 24.2 Å². The van der Waals surface area contributed by atoms with E-state index in [0.29, 0.717) is 17.9 Å². The topological polar surface area (TPSA) is 74.6 Å². The highest BCUT2D eigenvalue weighted by Gasteiger charge is 2.33. The number of hydroxylamine groups is 1. The van der Waals surface area contributed by atoms with Gasteiger partial charge in [-0.3, -0.25) is 14.6 Å². The first kappa shape index (κ1) is 21.2. The minimum atomic E-state index is -0.658. The van der Waals surface area contributed by atoms with Gasteiger partial charge in [-0.25, -0.2) is 9.87 Å². The number of hydrogen-bond donors (Lipinski definition) is 1. The van der Waals surface area contributed by atoms with Gasteiger partial charge >= 0.3 is 0 Å². The third-order valence-electron chi connectivity index (χ3n) is 4.78. The second-order valence-corrected chi connectivity index (χ2v) is 8.72. The van der Waals surface area contributed by atoms with Crippen LogP contribution in [-0.2, 0) is 20.9 Å². The van der Waals surface area contributed by atoms with Gasteiger partial charge in [-0.15, -0.1) is 0 Å². The summed E-state index contributed by atoms with van der Waals surface area (Å²) >= 11 is 2.06. The zero-order valence-electron chi connectivity index (χ0n) is 16.5. The van der Waals surface area contributed by atoms with Crippen molar-refractivity contribution in [1.29, 1.82) is 0 Å². The van der Waals surface area contributed by atoms with E-state index in [9.17, 15) is 9.18 Å². The third kappa shape index (κ3) is 4.64. The molecule has 1 saturated heterocycles. The Labute approximate surface area is 186 Å². The normalized spacial score (nSPS) is 18.1. The van der Waals surface area contributed by atoms with Crippen molar-refractivity contribution >= 4 is 39.4 Å². The van der Waals surface area contributed by atoms with Crippen LogP contribution < -0.4 is 5.48 Å². The predicted octanol–water partition coefficient (Wildman–Crippen LogP) is 3.64. The molecule has 2 aromatic heterocycles. The number of nitrogens with one attached hydrogen (secondary N) is 1. The standard InChI is InChI=1S/C21H21FIN3O4/c1-21(2)28-11-16(30-21)12-29-25-20(27)18-7-13-5-6-24-9-19(13)26(18)10-14-3-4-15(23)8-17(14)22/h3-9,16H,10-12H2,1-2H3,(H,25,27)/t16-/m1/s1. The van der Waals surface area contributed by atoms with Crippen LogP contribution in [-0.4, -0.2) is 40.6 Å².